The van der Waals surface area contributed by atoms with E-state index in [1.807, 2.05) is 31.7 Å². The zero-order valence-electron chi connectivity index (χ0n) is 18.5. The number of ether oxygens (including phenoxy) is 1. The third-order valence-corrected chi connectivity index (χ3v) is 5.95. The number of anilines is 1. The molecule has 2 atom stereocenters. The molecule has 1 saturated heterocycles. The molecule has 1 N–H and O–H groups in total. The van der Waals surface area contributed by atoms with Crippen LogP contribution in [-0.4, -0.2) is 63.5 Å². The molecule has 2 heterocycles. The fourth-order valence-electron chi connectivity index (χ4n) is 3.93. The van der Waals surface area contributed by atoms with Crippen molar-refractivity contribution in [2.24, 2.45) is 5.92 Å². The summed E-state index contributed by atoms with van der Waals surface area (Å²) in [5.74, 6) is -0.330. The van der Waals surface area contributed by atoms with Crippen molar-refractivity contribution in [3.05, 3.63) is 17.8 Å². The molecule has 0 spiro atoms. The first kappa shape index (κ1) is 22.3. The van der Waals surface area contributed by atoms with Crippen LogP contribution in [0.3, 0.4) is 0 Å². The first-order valence-corrected chi connectivity index (χ1v) is 10.9. The van der Waals surface area contributed by atoms with Gasteiger partial charge in [0.05, 0.1) is 17.7 Å². The largest absolute Gasteiger partial charge is 0.481 e. The molecule has 2 fully saturated rings. The van der Waals surface area contributed by atoms with Crippen LogP contribution in [0.4, 0.5) is 10.6 Å². The Bertz CT molecular complexity index is 742. The van der Waals surface area contributed by atoms with Gasteiger partial charge in [-0.05, 0) is 71.4 Å². The van der Waals surface area contributed by atoms with E-state index in [0.717, 1.165) is 25.9 Å². The average Bonchev–Trinajstić information content (AvgIpc) is 2.65. The number of nitrogens with zero attached hydrogens (tertiary/aromatic N) is 4. The summed E-state index contributed by atoms with van der Waals surface area (Å²) in [4.78, 5) is 28.2. The summed E-state index contributed by atoms with van der Waals surface area (Å²) in [5.41, 5.74) is -0.0778. The summed E-state index contributed by atoms with van der Waals surface area (Å²) in [5, 5.41) is 17.5. The van der Waals surface area contributed by atoms with Crippen molar-refractivity contribution in [2.45, 2.75) is 77.4 Å². The molecular weight excluding hydrogens is 384 g/mol. The second-order valence-corrected chi connectivity index (χ2v) is 9.55. The quantitative estimate of drug-likeness (QED) is 0.753. The van der Waals surface area contributed by atoms with Gasteiger partial charge in [-0.25, -0.2) is 4.79 Å². The number of piperidine rings is 1. The number of carboxylic acids is 1. The second kappa shape index (κ2) is 9.18. The molecule has 30 heavy (non-hydrogen) atoms. The number of carbonyl (C=O) groups is 2. The molecule has 1 unspecified atom stereocenters. The Morgan fingerprint density at radius 1 is 1.23 bits per heavy atom. The van der Waals surface area contributed by atoms with Gasteiger partial charge in [-0.2, -0.15) is 5.10 Å². The van der Waals surface area contributed by atoms with E-state index >= 15 is 0 Å². The molecule has 1 aliphatic carbocycles. The SMILES string of the molecule is CC(C(=O)O)c1ccc(N2CCC[C@@H](N(CC3CCC3)C(=O)OC(C)(C)C)C2)nn1. The Morgan fingerprint density at radius 3 is 2.50 bits per heavy atom. The van der Waals surface area contributed by atoms with E-state index in [4.69, 9.17) is 9.84 Å². The fourth-order valence-corrected chi connectivity index (χ4v) is 3.93. The van der Waals surface area contributed by atoms with Crippen molar-refractivity contribution >= 4 is 17.9 Å². The number of hydrogen-bond donors (Lipinski definition) is 1. The number of amides is 1. The normalized spacial score (nSPS) is 20.9. The zero-order chi connectivity index (χ0) is 21.9. The zero-order valence-corrected chi connectivity index (χ0v) is 18.5. The van der Waals surface area contributed by atoms with Crippen molar-refractivity contribution in [1.82, 2.24) is 15.1 Å². The maximum absolute atomic E-state index is 13.0. The van der Waals surface area contributed by atoms with Gasteiger partial charge in [-0.1, -0.05) is 6.42 Å². The molecule has 3 rings (SSSR count). The van der Waals surface area contributed by atoms with E-state index in [0.29, 0.717) is 24.0 Å². The van der Waals surface area contributed by atoms with Crippen LogP contribution in [0.1, 0.15) is 71.4 Å². The van der Waals surface area contributed by atoms with Crippen LogP contribution in [0.15, 0.2) is 12.1 Å². The highest BCUT2D eigenvalue weighted by molar-refractivity contribution is 5.74. The molecule has 0 bridgehead atoms. The lowest BCUT2D eigenvalue weighted by atomic mass is 9.84. The summed E-state index contributed by atoms with van der Waals surface area (Å²) in [7, 11) is 0. The van der Waals surface area contributed by atoms with Crippen LogP contribution in [0.2, 0.25) is 0 Å². The average molecular weight is 419 g/mol. The lowest BCUT2D eigenvalue weighted by molar-refractivity contribution is -0.138. The molecule has 1 aliphatic heterocycles. The Balaban J connectivity index is 1.71. The van der Waals surface area contributed by atoms with Crippen LogP contribution in [-0.2, 0) is 9.53 Å². The van der Waals surface area contributed by atoms with E-state index < -0.39 is 17.5 Å². The molecule has 8 heteroatoms. The number of carbonyl (C=O) groups excluding carboxylic acids is 1. The number of rotatable bonds is 6. The maximum Gasteiger partial charge on any atom is 0.410 e. The highest BCUT2D eigenvalue weighted by atomic mass is 16.6. The molecular formula is C22H34N4O4. The molecule has 1 aromatic rings. The van der Waals surface area contributed by atoms with Gasteiger partial charge in [-0.15, -0.1) is 5.10 Å². The molecule has 1 aromatic heterocycles. The molecule has 1 saturated carbocycles. The Kier molecular flexibility index (Phi) is 6.83. The minimum Gasteiger partial charge on any atom is -0.481 e. The predicted octanol–water partition coefficient (Wildman–Crippen LogP) is 3.67. The van der Waals surface area contributed by atoms with Crippen LogP contribution in [0, 0.1) is 5.92 Å². The fraction of sp³-hybridized carbons (Fsp3) is 0.727. The summed E-state index contributed by atoms with van der Waals surface area (Å²) >= 11 is 0. The minimum absolute atomic E-state index is 0.0635. The van der Waals surface area contributed by atoms with E-state index in [-0.39, 0.29) is 12.1 Å². The number of aliphatic carboxylic acids is 1. The predicted molar refractivity (Wildman–Crippen MR) is 114 cm³/mol. The maximum atomic E-state index is 13.0. The summed E-state index contributed by atoms with van der Waals surface area (Å²) in [6, 6.07) is 3.62. The van der Waals surface area contributed by atoms with Crippen molar-refractivity contribution in [1.29, 1.82) is 0 Å². The summed E-state index contributed by atoms with van der Waals surface area (Å²) in [6.45, 7) is 9.55. The smallest absolute Gasteiger partial charge is 0.410 e. The van der Waals surface area contributed by atoms with Crippen LogP contribution in [0.25, 0.3) is 0 Å². The van der Waals surface area contributed by atoms with Crippen molar-refractivity contribution < 1.29 is 19.4 Å². The van der Waals surface area contributed by atoms with E-state index in [1.54, 1.807) is 13.0 Å². The second-order valence-electron chi connectivity index (χ2n) is 9.55. The van der Waals surface area contributed by atoms with E-state index in [2.05, 4.69) is 15.1 Å². The van der Waals surface area contributed by atoms with Crippen LogP contribution >= 0.6 is 0 Å². The lowest BCUT2D eigenvalue weighted by Crippen LogP contribution is -2.53. The van der Waals surface area contributed by atoms with Gasteiger partial charge in [0.25, 0.3) is 0 Å². The van der Waals surface area contributed by atoms with Gasteiger partial charge < -0.3 is 19.6 Å². The molecule has 2 aliphatic rings. The van der Waals surface area contributed by atoms with E-state index in [9.17, 15) is 9.59 Å². The third kappa shape index (κ3) is 5.61. The Labute approximate surface area is 178 Å². The van der Waals surface area contributed by atoms with Crippen molar-refractivity contribution in [2.75, 3.05) is 24.5 Å². The first-order chi connectivity index (χ1) is 14.1. The summed E-state index contributed by atoms with van der Waals surface area (Å²) < 4.78 is 5.71. The third-order valence-electron chi connectivity index (χ3n) is 5.95. The molecule has 0 aromatic carbocycles. The van der Waals surface area contributed by atoms with Crippen molar-refractivity contribution in [3.8, 4) is 0 Å². The summed E-state index contributed by atoms with van der Waals surface area (Å²) in [6.07, 6.45) is 5.22. The van der Waals surface area contributed by atoms with Crippen LogP contribution in [0.5, 0.6) is 0 Å². The first-order valence-electron chi connectivity index (χ1n) is 10.9. The van der Waals surface area contributed by atoms with Crippen molar-refractivity contribution in [3.63, 3.8) is 0 Å². The van der Waals surface area contributed by atoms with E-state index in [1.165, 1.54) is 19.3 Å². The highest BCUT2D eigenvalue weighted by Gasteiger charge is 2.34. The topological polar surface area (TPSA) is 95.9 Å². The standard InChI is InChI=1S/C22H34N4O4/c1-15(20(27)28)18-10-11-19(24-23-18)25-12-6-9-17(14-25)26(13-16-7-5-8-16)21(29)30-22(2,3)4/h10-11,15-17H,5-9,12-14H2,1-4H3,(H,27,28)/t15?,17-/m1/s1. The van der Waals surface area contributed by atoms with Gasteiger partial charge in [0.1, 0.15) is 5.60 Å². The van der Waals surface area contributed by atoms with Crippen LogP contribution < -0.4 is 4.90 Å². The molecule has 8 nitrogen and oxygen atoms in total. The Hall–Kier alpha value is -2.38. The molecule has 1 amide bonds. The number of hydrogen-bond acceptors (Lipinski definition) is 6. The lowest BCUT2D eigenvalue weighted by Gasteiger charge is -2.42. The van der Waals surface area contributed by atoms with Gasteiger partial charge in [0, 0.05) is 19.6 Å². The molecule has 0 radical (unpaired) electrons. The highest BCUT2D eigenvalue weighted by Crippen LogP contribution is 2.30. The van der Waals surface area contributed by atoms with Gasteiger partial charge in [0.15, 0.2) is 5.82 Å². The number of carboxylic acid groups (broad SMARTS) is 1. The molecule has 166 valence electrons. The van der Waals surface area contributed by atoms with Gasteiger partial charge in [0.2, 0.25) is 0 Å². The number of aromatic nitrogens is 2. The monoisotopic (exact) mass is 418 g/mol. The van der Waals surface area contributed by atoms with Gasteiger partial charge in [-0.3, -0.25) is 4.79 Å². The Morgan fingerprint density at radius 2 is 1.97 bits per heavy atom. The van der Waals surface area contributed by atoms with Gasteiger partial charge >= 0.3 is 12.1 Å². The minimum atomic E-state index is -0.918.